The molecule has 1 aromatic rings. The van der Waals surface area contributed by atoms with Gasteiger partial charge in [0, 0.05) is 11.7 Å². The highest BCUT2D eigenvalue weighted by Crippen LogP contribution is 2.25. The summed E-state index contributed by atoms with van der Waals surface area (Å²) in [5.74, 6) is -0.166. The Bertz CT molecular complexity index is 426. The van der Waals surface area contributed by atoms with Crippen molar-refractivity contribution < 1.29 is 4.79 Å². The van der Waals surface area contributed by atoms with E-state index < -0.39 is 0 Å². The van der Waals surface area contributed by atoms with Crippen molar-refractivity contribution in [3.05, 3.63) is 29.3 Å². The normalized spacial score (nSPS) is 17.4. The summed E-state index contributed by atoms with van der Waals surface area (Å²) in [7, 11) is 0. The van der Waals surface area contributed by atoms with Gasteiger partial charge in [-0.2, -0.15) is 0 Å². The van der Waals surface area contributed by atoms with E-state index in [2.05, 4.69) is 17.4 Å². The highest BCUT2D eigenvalue weighted by atomic mass is 16.1. The van der Waals surface area contributed by atoms with Gasteiger partial charge in [-0.3, -0.25) is 4.79 Å². The van der Waals surface area contributed by atoms with Gasteiger partial charge in [0.05, 0.1) is 5.92 Å². The molecule has 1 aliphatic rings. The number of amides is 1. The average molecular weight is 232 g/mol. The van der Waals surface area contributed by atoms with E-state index in [9.17, 15) is 4.79 Å². The van der Waals surface area contributed by atoms with E-state index in [4.69, 9.17) is 5.73 Å². The molecule has 1 aliphatic carbocycles. The van der Waals surface area contributed by atoms with Crippen LogP contribution >= 0.6 is 0 Å². The fourth-order valence-corrected chi connectivity index (χ4v) is 2.14. The minimum atomic E-state index is -0.164. The van der Waals surface area contributed by atoms with Crippen LogP contribution in [0, 0.1) is 5.92 Å². The molecule has 0 heterocycles. The lowest BCUT2D eigenvalue weighted by Gasteiger charge is -2.15. The summed E-state index contributed by atoms with van der Waals surface area (Å²) >= 11 is 0. The lowest BCUT2D eigenvalue weighted by Crippen LogP contribution is -2.34. The van der Waals surface area contributed by atoms with Crippen LogP contribution in [0.5, 0.6) is 0 Å². The van der Waals surface area contributed by atoms with Crippen molar-refractivity contribution in [1.29, 1.82) is 0 Å². The molecule has 1 amide bonds. The molecule has 2 atom stereocenters. The van der Waals surface area contributed by atoms with Crippen molar-refractivity contribution in [2.24, 2.45) is 11.7 Å². The third kappa shape index (κ3) is 2.67. The van der Waals surface area contributed by atoms with Gasteiger partial charge in [0.2, 0.25) is 5.91 Å². The van der Waals surface area contributed by atoms with E-state index in [1.54, 1.807) is 0 Å². The number of hydrogen-bond acceptors (Lipinski definition) is 2. The molecule has 2 rings (SSSR count). The SMILES string of the molecule is CC(N)C(C)C(=O)Nc1ccc2c(c1)CCC2. The van der Waals surface area contributed by atoms with Crippen LogP contribution in [-0.2, 0) is 17.6 Å². The van der Waals surface area contributed by atoms with E-state index in [-0.39, 0.29) is 17.9 Å². The third-order valence-electron chi connectivity index (χ3n) is 3.57. The van der Waals surface area contributed by atoms with Gasteiger partial charge in [0.1, 0.15) is 0 Å². The Morgan fingerprint density at radius 2 is 2.00 bits per heavy atom. The molecule has 0 aromatic heterocycles. The molecule has 0 fully saturated rings. The molecule has 0 spiro atoms. The van der Waals surface area contributed by atoms with Gasteiger partial charge in [-0.1, -0.05) is 13.0 Å². The first-order valence-corrected chi connectivity index (χ1v) is 6.26. The molecule has 3 nitrogen and oxygen atoms in total. The Labute approximate surface area is 102 Å². The van der Waals surface area contributed by atoms with Crippen molar-refractivity contribution >= 4 is 11.6 Å². The Morgan fingerprint density at radius 1 is 1.29 bits per heavy atom. The molecule has 0 aliphatic heterocycles. The van der Waals surface area contributed by atoms with Crippen molar-refractivity contribution in [2.75, 3.05) is 5.32 Å². The van der Waals surface area contributed by atoms with Crippen LogP contribution in [0.25, 0.3) is 0 Å². The average Bonchev–Trinajstić information content (AvgIpc) is 2.74. The van der Waals surface area contributed by atoms with Gasteiger partial charge < -0.3 is 11.1 Å². The van der Waals surface area contributed by atoms with Crippen molar-refractivity contribution in [2.45, 2.75) is 39.2 Å². The van der Waals surface area contributed by atoms with Crippen LogP contribution in [0.1, 0.15) is 31.4 Å². The maximum Gasteiger partial charge on any atom is 0.228 e. The number of nitrogens with one attached hydrogen (secondary N) is 1. The number of anilines is 1. The summed E-state index contributed by atoms with van der Waals surface area (Å²) in [5.41, 5.74) is 9.40. The first-order chi connectivity index (χ1) is 8.08. The summed E-state index contributed by atoms with van der Waals surface area (Å²) in [4.78, 5) is 11.9. The number of carbonyl (C=O) groups is 1. The molecular formula is C14H20N2O. The monoisotopic (exact) mass is 232 g/mol. The minimum Gasteiger partial charge on any atom is -0.327 e. The number of nitrogens with two attached hydrogens (primary N) is 1. The highest BCUT2D eigenvalue weighted by Gasteiger charge is 2.18. The quantitative estimate of drug-likeness (QED) is 0.838. The van der Waals surface area contributed by atoms with Gasteiger partial charge in [-0.05, 0) is 49.4 Å². The molecule has 3 N–H and O–H groups in total. The maximum absolute atomic E-state index is 11.9. The second-order valence-corrected chi connectivity index (χ2v) is 4.97. The standard InChI is InChI=1S/C14H20N2O/c1-9(10(2)15)14(17)16-13-7-6-11-4-3-5-12(11)8-13/h6-10H,3-5,15H2,1-2H3,(H,16,17). The van der Waals surface area contributed by atoms with Gasteiger partial charge in [0.25, 0.3) is 0 Å². The van der Waals surface area contributed by atoms with Gasteiger partial charge >= 0.3 is 0 Å². The zero-order valence-electron chi connectivity index (χ0n) is 10.5. The summed E-state index contributed by atoms with van der Waals surface area (Å²) in [6.07, 6.45) is 3.52. The zero-order chi connectivity index (χ0) is 12.4. The number of benzene rings is 1. The molecule has 0 bridgehead atoms. The second kappa shape index (κ2) is 4.88. The van der Waals surface area contributed by atoms with E-state index in [1.807, 2.05) is 19.9 Å². The van der Waals surface area contributed by atoms with Crippen molar-refractivity contribution in [1.82, 2.24) is 0 Å². The molecule has 92 valence electrons. The summed E-state index contributed by atoms with van der Waals surface area (Å²) in [6, 6.07) is 6.07. The Kier molecular flexibility index (Phi) is 3.48. The largest absolute Gasteiger partial charge is 0.327 e. The maximum atomic E-state index is 11.9. The molecular weight excluding hydrogens is 212 g/mol. The fraction of sp³-hybridized carbons (Fsp3) is 0.500. The van der Waals surface area contributed by atoms with Crippen LogP contribution < -0.4 is 11.1 Å². The molecule has 0 saturated heterocycles. The Balaban J connectivity index is 2.07. The van der Waals surface area contributed by atoms with E-state index >= 15 is 0 Å². The Hall–Kier alpha value is -1.35. The van der Waals surface area contributed by atoms with Gasteiger partial charge in [0.15, 0.2) is 0 Å². The van der Waals surface area contributed by atoms with Gasteiger partial charge in [-0.15, -0.1) is 0 Å². The molecule has 0 radical (unpaired) electrons. The van der Waals surface area contributed by atoms with Gasteiger partial charge in [-0.25, -0.2) is 0 Å². The minimum absolute atomic E-state index is 0.00190. The third-order valence-corrected chi connectivity index (χ3v) is 3.57. The van der Waals surface area contributed by atoms with E-state index in [0.29, 0.717) is 0 Å². The zero-order valence-corrected chi connectivity index (χ0v) is 10.5. The summed E-state index contributed by atoms with van der Waals surface area (Å²) in [6.45, 7) is 3.71. The summed E-state index contributed by atoms with van der Waals surface area (Å²) < 4.78 is 0. The first-order valence-electron chi connectivity index (χ1n) is 6.26. The molecule has 2 unspecified atom stereocenters. The lowest BCUT2D eigenvalue weighted by atomic mass is 10.0. The first kappa shape index (κ1) is 12.1. The number of carbonyl (C=O) groups excluding carboxylic acids is 1. The molecule has 3 heteroatoms. The van der Waals surface area contributed by atoms with Crippen LogP contribution in [0.2, 0.25) is 0 Å². The van der Waals surface area contributed by atoms with Crippen LogP contribution in [-0.4, -0.2) is 11.9 Å². The smallest absolute Gasteiger partial charge is 0.228 e. The van der Waals surface area contributed by atoms with Crippen molar-refractivity contribution in [3.8, 4) is 0 Å². The van der Waals surface area contributed by atoms with Crippen LogP contribution in [0.4, 0.5) is 5.69 Å². The lowest BCUT2D eigenvalue weighted by molar-refractivity contribution is -0.119. The van der Waals surface area contributed by atoms with Crippen LogP contribution in [0.3, 0.4) is 0 Å². The van der Waals surface area contributed by atoms with Crippen molar-refractivity contribution in [3.63, 3.8) is 0 Å². The predicted molar refractivity (Wildman–Crippen MR) is 69.9 cm³/mol. The highest BCUT2D eigenvalue weighted by molar-refractivity contribution is 5.92. The molecule has 0 saturated carbocycles. The second-order valence-electron chi connectivity index (χ2n) is 4.97. The number of hydrogen-bond donors (Lipinski definition) is 2. The number of aryl methyl sites for hydroxylation is 2. The topological polar surface area (TPSA) is 55.1 Å². The van der Waals surface area contributed by atoms with Crippen LogP contribution in [0.15, 0.2) is 18.2 Å². The van der Waals surface area contributed by atoms with E-state index in [0.717, 1.165) is 12.1 Å². The number of fused-ring (bicyclic) bond motifs is 1. The summed E-state index contributed by atoms with van der Waals surface area (Å²) in [5, 5.41) is 2.93. The predicted octanol–water partition coefficient (Wildman–Crippen LogP) is 2.10. The van der Waals surface area contributed by atoms with E-state index in [1.165, 1.54) is 24.0 Å². The molecule has 1 aromatic carbocycles. The number of rotatable bonds is 3. The Morgan fingerprint density at radius 3 is 2.71 bits per heavy atom. The molecule has 17 heavy (non-hydrogen) atoms. The fourth-order valence-electron chi connectivity index (χ4n) is 2.14.